The number of rotatable bonds is 3. The van der Waals surface area contributed by atoms with E-state index in [1.807, 2.05) is 0 Å². The average molecular weight is 337 g/mol. The summed E-state index contributed by atoms with van der Waals surface area (Å²) in [6.07, 6.45) is 1.84. The van der Waals surface area contributed by atoms with Gasteiger partial charge >= 0.3 is 0 Å². The van der Waals surface area contributed by atoms with Crippen LogP contribution < -0.4 is 4.90 Å². The number of carbonyl (C=O) groups excluding carboxylic acids is 1. The molecule has 2 rings (SSSR count). The molecular formula is C15H14BrFN2O. The summed E-state index contributed by atoms with van der Waals surface area (Å²) >= 11 is 3.34. The number of pyridine rings is 1. The molecule has 2 aromatic rings. The van der Waals surface area contributed by atoms with E-state index in [9.17, 15) is 9.18 Å². The van der Waals surface area contributed by atoms with Gasteiger partial charge < -0.3 is 0 Å². The molecule has 20 heavy (non-hydrogen) atoms. The Labute approximate surface area is 125 Å². The van der Waals surface area contributed by atoms with Crippen LogP contribution in [-0.2, 0) is 11.2 Å². The SMILES string of the molecule is Cc1cc(CC(=O)N(C)c2cc(Br)ccn2)ccc1F. The lowest BCUT2D eigenvalue weighted by Crippen LogP contribution is -2.28. The van der Waals surface area contributed by atoms with Crippen LogP contribution >= 0.6 is 15.9 Å². The standard InChI is InChI=1S/C15H14BrFN2O/c1-10-7-11(3-4-13(10)17)8-15(20)19(2)14-9-12(16)5-6-18-14/h3-7,9H,8H2,1-2H3. The molecule has 0 spiro atoms. The Balaban J connectivity index is 2.13. The molecule has 104 valence electrons. The van der Waals surface area contributed by atoms with E-state index in [2.05, 4.69) is 20.9 Å². The zero-order valence-electron chi connectivity index (χ0n) is 11.2. The fraction of sp³-hybridized carbons (Fsp3) is 0.200. The maximum Gasteiger partial charge on any atom is 0.232 e. The third kappa shape index (κ3) is 3.42. The molecule has 0 saturated heterocycles. The molecule has 0 radical (unpaired) electrons. The number of benzene rings is 1. The van der Waals surface area contributed by atoms with Crippen LogP contribution in [0.15, 0.2) is 41.0 Å². The first-order valence-corrected chi connectivity index (χ1v) is 6.90. The van der Waals surface area contributed by atoms with Gasteiger partial charge in [0.25, 0.3) is 0 Å². The van der Waals surface area contributed by atoms with E-state index in [1.165, 1.54) is 11.0 Å². The van der Waals surface area contributed by atoms with Crippen LogP contribution in [0, 0.1) is 12.7 Å². The van der Waals surface area contributed by atoms with Gasteiger partial charge in [-0.25, -0.2) is 9.37 Å². The predicted octanol–water partition coefficient (Wildman–Crippen LogP) is 3.50. The molecule has 1 aromatic carbocycles. The van der Waals surface area contributed by atoms with Gasteiger partial charge in [0, 0.05) is 17.7 Å². The number of amides is 1. The van der Waals surface area contributed by atoms with Crippen LogP contribution in [0.2, 0.25) is 0 Å². The summed E-state index contributed by atoms with van der Waals surface area (Å²) in [7, 11) is 1.67. The number of halogens is 2. The molecule has 5 heteroatoms. The third-order valence-electron chi connectivity index (χ3n) is 3.00. The minimum atomic E-state index is -0.261. The third-order valence-corrected chi connectivity index (χ3v) is 3.50. The largest absolute Gasteiger partial charge is 0.300 e. The Bertz CT molecular complexity index is 646. The summed E-state index contributed by atoms with van der Waals surface area (Å²) in [4.78, 5) is 17.8. The Kier molecular flexibility index (Phi) is 4.49. The van der Waals surface area contributed by atoms with Crippen molar-refractivity contribution in [1.29, 1.82) is 0 Å². The van der Waals surface area contributed by atoms with E-state index in [0.29, 0.717) is 11.4 Å². The molecule has 0 fully saturated rings. The van der Waals surface area contributed by atoms with E-state index in [4.69, 9.17) is 0 Å². The summed E-state index contributed by atoms with van der Waals surface area (Å²) in [5.41, 5.74) is 1.33. The maximum atomic E-state index is 13.2. The molecule has 0 aliphatic rings. The molecule has 0 unspecified atom stereocenters. The molecule has 0 bridgehead atoms. The fourth-order valence-electron chi connectivity index (χ4n) is 1.81. The molecule has 1 amide bonds. The lowest BCUT2D eigenvalue weighted by atomic mass is 10.1. The van der Waals surface area contributed by atoms with Crippen LogP contribution in [0.4, 0.5) is 10.2 Å². The lowest BCUT2D eigenvalue weighted by Gasteiger charge is -2.16. The maximum absolute atomic E-state index is 13.2. The fourth-order valence-corrected chi connectivity index (χ4v) is 2.14. The van der Waals surface area contributed by atoms with Gasteiger partial charge in [0.2, 0.25) is 5.91 Å². The molecule has 3 nitrogen and oxygen atoms in total. The second kappa shape index (κ2) is 6.13. The lowest BCUT2D eigenvalue weighted by molar-refractivity contribution is -0.117. The van der Waals surface area contributed by atoms with Crippen LogP contribution in [0.25, 0.3) is 0 Å². The van der Waals surface area contributed by atoms with Gasteiger partial charge in [0.15, 0.2) is 0 Å². The quantitative estimate of drug-likeness (QED) is 0.859. The number of likely N-dealkylation sites (N-methyl/N-ethyl adjacent to an activating group) is 1. The van der Waals surface area contributed by atoms with Gasteiger partial charge in [0.1, 0.15) is 11.6 Å². The van der Waals surface area contributed by atoms with Gasteiger partial charge in [-0.3, -0.25) is 9.69 Å². The number of hydrogen-bond donors (Lipinski definition) is 0. The molecule has 0 aliphatic heterocycles. The van der Waals surface area contributed by atoms with Gasteiger partial charge in [-0.2, -0.15) is 0 Å². The number of nitrogens with zero attached hydrogens (tertiary/aromatic N) is 2. The van der Waals surface area contributed by atoms with Gasteiger partial charge in [-0.15, -0.1) is 0 Å². The van der Waals surface area contributed by atoms with Gasteiger partial charge in [-0.1, -0.05) is 28.1 Å². The molecule has 1 aromatic heterocycles. The number of hydrogen-bond acceptors (Lipinski definition) is 2. The van der Waals surface area contributed by atoms with Crippen LogP contribution in [-0.4, -0.2) is 17.9 Å². The molecule has 0 atom stereocenters. The highest BCUT2D eigenvalue weighted by atomic mass is 79.9. The van der Waals surface area contributed by atoms with E-state index in [0.717, 1.165) is 10.0 Å². The topological polar surface area (TPSA) is 33.2 Å². The van der Waals surface area contributed by atoms with Crippen molar-refractivity contribution in [3.63, 3.8) is 0 Å². The first-order valence-electron chi connectivity index (χ1n) is 6.10. The second-order valence-electron chi connectivity index (χ2n) is 4.55. The van der Waals surface area contributed by atoms with Crippen molar-refractivity contribution in [2.45, 2.75) is 13.3 Å². The van der Waals surface area contributed by atoms with E-state index in [1.54, 1.807) is 44.4 Å². The molecule has 0 aliphatic carbocycles. The van der Waals surface area contributed by atoms with Crippen molar-refractivity contribution in [1.82, 2.24) is 4.98 Å². The van der Waals surface area contributed by atoms with Crippen LogP contribution in [0.3, 0.4) is 0 Å². The van der Waals surface area contributed by atoms with Crippen molar-refractivity contribution in [3.05, 3.63) is 57.9 Å². The van der Waals surface area contributed by atoms with E-state index >= 15 is 0 Å². The number of aryl methyl sites for hydroxylation is 1. The summed E-state index contributed by atoms with van der Waals surface area (Å²) in [5.74, 6) is 0.216. The molecular weight excluding hydrogens is 323 g/mol. The van der Waals surface area contributed by atoms with Crippen molar-refractivity contribution in [2.75, 3.05) is 11.9 Å². The van der Waals surface area contributed by atoms with Crippen molar-refractivity contribution >= 4 is 27.7 Å². The normalized spacial score (nSPS) is 10.4. The summed E-state index contributed by atoms with van der Waals surface area (Å²) in [6, 6.07) is 8.27. The Morgan fingerprint density at radius 3 is 2.75 bits per heavy atom. The highest BCUT2D eigenvalue weighted by Crippen LogP contribution is 2.17. The van der Waals surface area contributed by atoms with Gasteiger partial charge in [0.05, 0.1) is 6.42 Å². The average Bonchev–Trinajstić information content (AvgIpc) is 2.42. The Morgan fingerprint density at radius 2 is 2.10 bits per heavy atom. The molecule has 0 N–H and O–H groups in total. The van der Waals surface area contributed by atoms with Crippen molar-refractivity contribution in [2.24, 2.45) is 0 Å². The number of anilines is 1. The molecule has 1 heterocycles. The van der Waals surface area contributed by atoms with Gasteiger partial charge in [-0.05, 0) is 36.2 Å². The zero-order chi connectivity index (χ0) is 14.7. The summed E-state index contributed by atoms with van der Waals surface area (Å²) < 4.78 is 14.1. The predicted molar refractivity (Wildman–Crippen MR) is 80.2 cm³/mol. The minimum absolute atomic E-state index is 0.0957. The second-order valence-corrected chi connectivity index (χ2v) is 5.46. The number of carbonyl (C=O) groups is 1. The van der Waals surface area contributed by atoms with Crippen LogP contribution in [0.1, 0.15) is 11.1 Å². The Hall–Kier alpha value is -1.75. The van der Waals surface area contributed by atoms with Crippen LogP contribution in [0.5, 0.6) is 0 Å². The first kappa shape index (κ1) is 14.7. The smallest absolute Gasteiger partial charge is 0.232 e. The van der Waals surface area contributed by atoms with E-state index < -0.39 is 0 Å². The number of aromatic nitrogens is 1. The Morgan fingerprint density at radius 1 is 1.35 bits per heavy atom. The first-order chi connectivity index (χ1) is 9.47. The van der Waals surface area contributed by atoms with E-state index in [-0.39, 0.29) is 18.1 Å². The molecule has 0 saturated carbocycles. The summed E-state index contributed by atoms with van der Waals surface area (Å²) in [5, 5.41) is 0. The highest BCUT2D eigenvalue weighted by molar-refractivity contribution is 9.10. The minimum Gasteiger partial charge on any atom is -0.300 e. The monoisotopic (exact) mass is 336 g/mol. The highest BCUT2D eigenvalue weighted by Gasteiger charge is 2.13. The van der Waals surface area contributed by atoms with Crippen molar-refractivity contribution < 1.29 is 9.18 Å². The zero-order valence-corrected chi connectivity index (χ0v) is 12.8. The summed E-state index contributed by atoms with van der Waals surface area (Å²) in [6.45, 7) is 1.68. The van der Waals surface area contributed by atoms with Crippen molar-refractivity contribution in [3.8, 4) is 0 Å².